The first-order valence-corrected chi connectivity index (χ1v) is 20.5. The zero-order valence-electron chi connectivity index (χ0n) is 26.1. The molecule has 1 aliphatic heterocycles. The molecule has 0 aromatic rings. The lowest BCUT2D eigenvalue weighted by molar-refractivity contribution is -0.105. The van der Waals surface area contributed by atoms with Gasteiger partial charge >= 0.3 is 8.80 Å². The molecule has 0 saturated carbocycles. The van der Waals surface area contributed by atoms with E-state index < -0.39 is 17.1 Å². The van der Waals surface area contributed by atoms with Crippen LogP contribution in [0.3, 0.4) is 0 Å². The van der Waals surface area contributed by atoms with E-state index in [9.17, 15) is 0 Å². The van der Waals surface area contributed by atoms with Crippen LogP contribution in [0.2, 0.25) is 25.2 Å². The molecule has 3 atom stereocenters. The smallest absolute Gasteiger partial charge is 0.412 e. The zero-order chi connectivity index (χ0) is 27.3. The lowest BCUT2D eigenvalue weighted by atomic mass is 10.0. The maximum Gasteiger partial charge on any atom is 0.501 e. The van der Waals surface area contributed by atoms with E-state index in [1.807, 2.05) is 0 Å². The Bertz CT molecular complexity index is 581. The molecule has 0 N–H and O–H groups in total. The highest BCUT2D eigenvalue weighted by Gasteiger charge is 2.52. The van der Waals surface area contributed by atoms with Crippen LogP contribution in [0.5, 0.6) is 0 Å². The Labute approximate surface area is 228 Å². The number of hydrogen-bond donors (Lipinski definition) is 0. The van der Waals surface area contributed by atoms with Gasteiger partial charge in [0.1, 0.15) is 0 Å². The second kappa shape index (κ2) is 16.4. The summed E-state index contributed by atoms with van der Waals surface area (Å²) in [6.45, 7) is 22.5. The van der Waals surface area contributed by atoms with Crippen molar-refractivity contribution in [1.29, 1.82) is 0 Å². The largest absolute Gasteiger partial charge is 0.501 e. The van der Waals surface area contributed by atoms with E-state index in [0.717, 1.165) is 25.3 Å². The molecule has 1 rings (SSSR count). The summed E-state index contributed by atoms with van der Waals surface area (Å²) in [5.74, 6) is 0. The molecule has 0 bridgehead atoms. The van der Waals surface area contributed by atoms with Crippen molar-refractivity contribution >= 4 is 17.1 Å². The van der Waals surface area contributed by atoms with Crippen LogP contribution in [0.15, 0.2) is 0 Å². The van der Waals surface area contributed by atoms with Gasteiger partial charge in [-0.3, -0.25) is 0 Å². The second-order valence-electron chi connectivity index (χ2n) is 13.5. The highest BCUT2D eigenvalue weighted by atomic mass is 28.4. The third kappa shape index (κ3) is 15.0. The number of unbranched alkanes of at least 4 members (excludes halogenated alkanes) is 10. The van der Waals surface area contributed by atoms with E-state index in [2.05, 4.69) is 68.5 Å². The first-order valence-electron chi connectivity index (χ1n) is 15.5. The van der Waals surface area contributed by atoms with Crippen molar-refractivity contribution in [2.45, 2.75) is 194 Å². The highest BCUT2D eigenvalue weighted by Crippen LogP contribution is 2.37. The minimum atomic E-state index is -2.76. The number of hydrogen-bond acceptors (Lipinski definition) is 4. The molecule has 1 aliphatic rings. The Balaban J connectivity index is 2.64. The molecule has 0 aromatic carbocycles. The first-order chi connectivity index (χ1) is 16.7. The van der Waals surface area contributed by atoms with Crippen molar-refractivity contribution in [3.8, 4) is 0 Å². The van der Waals surface area contributed by atoms with Crippen molar-refractivity contribution < 1.29 is 17.7 Å². The molecule has 3 unspecified atom stereocenters. The van der Waals surface area contributed by atoms with Crippen molar-refractivity contribution in [3.05, 3.63) is 0 Å². The van der Waals surface area contributed by atoms with Crippen LogP contribution in [-0.2, 0) is 17.7 Å². The van der Waals surface area contributed by atoms with Gasteiger partial charge in [0, 0.05) is 18.3 Å². The summed E-state index contributed by atoms with van der Waals surface area (Å²) in [5.41, 5.74) is -0.394. The molecule has 1 fully saturated rings. The standard InChI is InChI=1S/C30H64O4Si2/c1-11-13-15-16-17-18-19-20-21-22-24-36(32-28(4)26-30(7,8)34-36)31-27(3)25-29(5,6)33-35(9,10)23-14-12-2/h27-28H,11-26H2,1-10H3. The second-order valence-corrected chi connectivity index (χ2v) is 20.2. The predicted octanol–water partition coefficient (Wildman–Crippen LogP) is 10.0. The van der Waals surface area contributed by atoms with Gasteiger partial charge in [-0.25, -0.2) is 0 Å². The van der Waals surface area contributed by atoms with E-state index >= 15 is 0 Å². The van der Waals surface area contributed by atoms with E-state index in [0.29, 0.717) is 0 Å². The SMILES string of the molecule is CCCCCCCCCCCC[Si]1(OC(C)CC(C)(C)O[Si](C)(C)CCCC)OC(C)CC(C)(C)O1. The van der Waals surface area contributed by atoms with Gasteiger partial charge in [-0.15, -0.1) is 0 Å². The van der Waals surface area contributed by atoms with Crippen molar-refractivity contribution in [3.63, 3.8) is 0 Å². The molecule has 0 aromatic heterocycles. The van der Waals surface area contributed by atoms with Gasteiger partial charge in [0.05, 0.1) is 11.2 Å². The van der Waals surface area contributed by atoms with E-state index in [1.54, 1.807) is 0 Å². The normalized spacial score (nSPS) is 23.7. The molecular weight excluding hydrogens is 480 g/mol. The molecule has 4 nitrogen and oxygen atoms in total. The number of rotatable bonds is 20. The van der Waals surface area contributed by atoms with E-state index in [-0.39, 0.29) is 23.4 Å². The fraction of sp³-hybridized carbons (Fsp3) is 1.00. The van der Waals surface area contributed by atoms with Crippen molar-refractivity contribution in [2.24, 2.45) is 0 Å². The summed E-state index contributed by atoms with van der Waals surface area (Å²) in [4.78, 5) is 0. The topological polar surface area (TPSA) is 36.9 Å². The van der Waals surface area contributed by atoms with Crippen LogP contribution in [0.1, 0.15) is 145 Å². The monoisotopic (exact) mass is 544 g/mol. The van der Waals surface area contributed by atoms with Crippen LogP contribution in [0.4, 0.5) is 0 Å². The lowest BCUT2D eigenvalue weighted by Gasteiger charge is -2.46. The molecule has 1 heterocycles. The molecule has 216 valence electrons. The van der Waals surface area contributed by atoms with Gasteiger partial charge in [-0.2, -0.15) is 0 Å². The van der Waals surface area contributed by atoms with Gasteiger partial charge in [0.15, 0.2) is 8.32 Å². The Morgan fingerprint density at radius 1 is 0.917 bits per heavy atom. The molecular formula is C30H64O4Si2. The fourth-order valence-corrected chi connectivity index (χ4v) is 12.4. The fourth-order valence-electron chi connectivity index (χ4n) is 6.06. The van der Waals surface area contributed by atoms with Crippen molar-refractivity contribution in [1.82, 2.24) is 0 Å². The van der Waals surface area contributed by atoms with E-state index in [1.165, 1.54) is 76.7 Å². The molecule has 0 aliphatic carbocycles. The molecule has 6 heteroatoms. The quantitative estimate of drug-likeness (QED) is 0.113. The third-order valence-electron chi connectivity index (χ3n) is 7.27. The zero-order valence-corrected chi connectivity index (χ0v) is 28.1. The Kier molecular flexibility index (Phi) is 15.6. The van der Waals surface area contributed by atoms with Crippen LogP contribution >= 0.6 is 0 Å². The average molecular weight is 545 g/mol. The maximum atomic E-state index is 6.83. The minimum absolute atomic E-state index is 0.0480. The van der Waals surface area contributed by atoms with Crippen LogP contribution < -0.4 is 0 Å². The van der Waals surface area contributed by atoms with Gasteiger partial charge in [-0.1, -0.05) is 84.5 Å². The summed E-state index contributed by atoms with van der Waals surface area (Å²) in [6.07, 6.45) is 17.8. The van der Waals surface area contributed by atoms with Crippen LogP contribution in [-0.4, -0.2) is 40.5 Å². The average Bonchev–Trinajstić information content (AvgIpc) is 2.70. The molecule has 0 amide bonds. The lowest BCUT2D eigenvalue weighted by Crippen LogP contribution is -2.59. The minimum Gasteiger partial charge on any atom is -0.412 e. The van der Waals surface area contributed by atoms with Gasteiger partial charge < -0.3 is 17.7 Å². The Morgan fingerprint density at radius 2 is 1.44 bits per heavy atom. The summed E-state index contributed by atoms with van der Waals surface area (Å²) < 4.78 is 26.9. The summed E-state index contributed by atoms with van der Waals surface area (Å²) in [7, 11) is -4.44. The summed E-state index contributed by atoms with van der Waals surface area (Å²) >= 11 is 0. The summed E-state index contributed by atoms with van der Waals surface area (Å²) in [5, 5.41) is 0. The van der Waals surface area contributed by atoms with Crippen LogP contribution in [0, 0.1) is 0 Å². The molecule has 0 radical (unpaired) electrons. The molecule has 0 spiro atoms. The molecule has 1 saturated heterocycles. The Hall–Kier alpha value is 0.274. The highest BCUT2D eigenvalue weighted by molar-refractivity contribution is 6.71. The van der Waals surface area contributed by atoms with Gasteiger partial charge in [-0.05, 0) is 79.9 Å². The van der Waals surface area contributed by atoms with E-state index in [4.69, 9.17) is 17.7 Å². The Morgan fingerprint density at radius 3 is 1.97 bits per heavy atom. The predicted molar refractivity (Wildman–Crippen MR) is 160 cm³/mol. The molecule has 36 heavy (non-hydrogen) atoms. The van der Waals surface area contributed by atoms with Gasteiger partial charge in [0.25, 0.3) is 0 Å². The first kappa shape index (κ1) is 34.3. The maximum absolute atomic E-state index is 6.83. The summed E-state index contributed by atoms with van der Waals surface area (Å²) in [6, 6.07) is 2.15. The third-order valence-corrected chi connectivity index (χ3v) is 13.3. The van der Waals surface area contributed by atoms with Crippen LogP contribution in [0.25, 0.3) is 0 Å². The van der Waals surface area contributed by atoms with Crippen molar-refractivity contribution in [2.75, 3.05) is 0 Å². The van der Waals surface area contributed by atoms with Gasteiger partial charge in [0.2, 0.25) is 0 Å².